The average Bonchev–Trinajstić information content (AvgIpc) is 2.99. The summed E-state index contributed by atoms with van der Waals surface area (Å²) in [6, 6.07) is 6.64. The molecule has 1 aromatic rings. The van der Waals surface area contributed by atoms with Gasteiger partial charge >= 0.3 is 0 Å². The lowest BCUT2D eigenvalue weighted by molar-refractivity contribution is -0.120. The topological polar surface area (TPSA) is 38.3 Å². The first kappa shape index (κ1) is 17.2. The fraction of sp³-hybridized carbons (Fsp3) is 0.611. The first-order valence-electron chi connectivity index (χ1n) is 8.18. The standard InChI is InChI=1S/C18H27NO2S/c1-13-8-9-14(2)17(12-13)21-10-11-22-15(3)18(20)19-16-6-4-5-7-16/h8-9,12,15-16H,4-7,10-11H2,1-3H3,(H,19,20). The van der Waals surface area contributed by atoms with Crippen LogP contribution in [0.2, 0.25) is 0 Å². The molecule has 0 heterocycles. The van der Waals surface area contributed by atoms with E-state index < -0.39 is 0 Å². The highest BCUT2D eigenvalue weighted by molar-refractivity contribution is 8.00. The molecule has 1 N–H and O–H groups in total. The number of hydrogen-bond donors (Lipinski definition) is 1. The second-order valence-corrected chi connectivity index (χ2v) is 7.57. The van der Waals surface area contributed by atoms with Gasteiger partial charge in [-0.25, -0.2) is 0 Å². The lowest BCUT2D eigenvalue weighted by Gasteiger charge is -2.16. The molecule has 0 spiro atoms. The summed E-state index contributed by atoms with van der Waals surface area (Å²) < 4.78 is 5.83. The molecule has 1 aliphatic rings. The normalized spacial score (nSPS) is 16.5. The Kier molecular flexibility index (Phi) is 6.62. The van der Waals surface area contributed by atoms with Crippen molar-refractivity contribution in [2.75, 3.05) is 12.4 Å². The third kappa shape index (κ3) is 5.24. The van der Waals surface area contributed by atoms with Crippen LogP contribution in [-0.2, 0) is 4.79 Å². The third-order valence-electron chi connectivity index (χ3n) is 4.12. The molecule has 1 amide bonds. The number of benzene rings is 1. The minimum Gasteiger partial charge on any atom is -0.492 e. The molecule has 1 unspecified atom stereocenters. The van der Waals surface area contributed by atoms with Crippen molar-refractivity contribution < 1.29 is 9.53 Å². The van der Waals surface area contributed by atoms with Gasteiger partial charge in [0, 0.05) is 11.8 Å². The highest BCUT2D eigenvalue weighted by Crippen LogP contribution is 2.21. The van der Waals surface area contributed by atoms with Crippen molar-refractivity contribution >= 4 is 17.7 Å². The number of hydrogen-bond acceptors (Lipinski definition) is 3. The van der Waals surface area contributed by atoms with Gasteiger partial charge in [-0.05, 0) is 50.8 Å². The molecule has 0 saturated heterocycles. The molecule has 0 radical (unpaired) electrons. The van der Waals surface area contributed by atoms with Gasteiger partial charge < -0.3 is 10.1 Å². The molecular formula is C18H27NO2S. The van der Waals surface area contributed by atoms with E-state index in [9.17, 15) is 4.79 Å². The van der Waals surface area contributed by atoms with Gasteiger partial charge in [-0.3, -0.25) is 4.79 Å². The fourth-order valence-corrected chi connectivity index (χ4v) is 3.46. The Morgan fingerprint density at radius 2 is 2.09 bits per heavy atom. The molecule has 122 valence electrons. The van der Waals surface area contributed by atoms with Crippen LogP contribution in [0.3, 0.4) is 0 Å². The molecule has 1 atom stereocenters. The number of rotatable bonds is 7. The van der Waals surface area contributed by atoms with Gasteiger partial charge in [0.05, 0.1) is 11.9 Å². The Labute approximate surface area is 138 Å². The van der Waals surface area contributed by atoms with Crippen LogP contribution >= 0.6 is 11.8 Å². The second-order valence-electron chi connectivity index (χ2n) is 6.12. The monoisotopic (exact) mass is 321 g/mol. The quantitative estimate of drug-likeness (QED) is 0.775. The first-order valence-corrected chi connectivity index (χ1v) is 9.23. The zero-order valence-corrected chi connectivity index (χ0v) is 14.7. The van der Waals surface area contributed by atoms with Gasteiger partial charge in [0.15, 0.2) is 0 Å². The van der Waals surface area contributed by atoms with Crippen molar-refractivity contribution in [2.45, 2.75) is 57.7 Å². The molecule has 1 aliphatic carbocycles. The Morgan fingerprint density at radius 3 is 2.82 bits per heavy atom. The summed E-state index contributed by atoms with van der Waals surface area (Å²) in [5.41, 5.74) is 2.36. The van der Waals surface area contributed by atoms with Crippen molar-refractivity contribution in [1.82, 2.24) is 5.32 Å². The van der Waals surface area contributed by atoms with E-state index in [0.717, 1.165) is 29.9 Å². The molecule has 4 heteroatoms. The highest BCUT2D eigenvalue weighted by atomic mass is 32.2. The highest BCUT2D eigenvalue weighted by Gasteiger charge is 2.20. The van der Waals surface area contributed by atoms with Crippen LogP contribution in [0.5, 0.6) is 5.75 Å². The maximum absolute atomic E-state index is 12.1. The number of thioether (sulfide) groups is 1. The predicted octanol–water partition coefficient (Wildman–Crippen LogP) is 3.86. The summed E-state index contributed by atoms with van der Waals surface area (Å²) in [7, 11) is 0. The van der Waals surface area contributed by atoms with Gasteiger partial charge in [0.25, 0.3) is 0 Å². The first-order chi connectivity index (χ1) is 10.6. The molecule has 1 fully saturated rings. The summed E-state index contributed by atoms with van der Waals surface area (Å²) in [6.45, 7) is 6.74. The van der Waals surface area contributed by atoms with E-state index in [-0.39, 0.29) is 11.2 Å². The number of amides is 1. The minimum absolute atomic E-state index is 0.0113. The summed E-state index contributed by atoms with van der Waals surface area (Å²) in [5.74, 6) is 1.94. The number of carbonyl (C=O) groups is 1. The molecule has 0 aromatic heterocycles. The van der Waals surface area contributed by atoms with Gasteiger partial charge in [-0.2, -0.15) is 0 Å². The lowest BCUT2D eigenvalue weighted by Crippen LogP contribution is -2.37. The summed E-state index contributed by atoms with van der Waals surface area (Å²) in [6.07, 6.45) is 4.77. The van der Waals surface area contributed by atoms with E-state index in [1.54, 1.807) is 11.8 Å². The third-order valence-corrected chi connectivity index (χ3v) is 5.24. The lowest BCUT2D eigenvalue weighted by atomic mass is 10.1. The van der Waals surface area contributed by atoms with E-state index in [2.05, 4.69) is 37.4 Å². The molecule has 1 aromatic carbocycles. The number of ether oxygens (including phenoxy) is 1. The van der Waals surface area contributed by atoms with Crippen LogP contribution in [0.15, 0.2) is 18.2 Å². The Hall–Kier alpha value is -1.16. The summed E-state index contributed by atoms with van der Waals surface area (Å²) >= 11 is 1.66. The number of nitrogens with one attached hydrogen (secondary N) is 1. The number of carbonyl (C=O) groups excluding carboxylic acids is 1. The van der Waals surface area contributed by atoms with E-state index in [1.807, 2.05) is 6.92 Å². The van der Waals surface area contributed by atoms with Crippen LogP contribution in [0.1, 0.15) is 43.7 Å². The van der Waals surface area contributed by atoms with Crippen molar-refractivity contribution in [1.29, 1.82) is 0 Å². The van der Waals surface area contributed by atoms with E-state index >= 15 is 0 Å². The van der Waals surface area contributed by atoms with Crippen LogP contribution in [0, 0.1) is 13.8 Å². The van der Waals surface area contributed by atoms with E-state index in [4.69, 9.17) is 4.74 Å². The molecule has 1 saturated carbocycles. The SMILES string of the molecule is Cc1ccc(C)c(OCCSC(C)C(=O)NC2CCCC2)c1. The summed E-state index contributed by atoms with van der Waals surface area (Å²) in [4.78, 5) is 12.1. The number of aryl methyl sites for hydroxylation is 2. The van der Waals surface area contributed by atoms with Crippen molar-refractivity contribution in [3.8, 4) is 5.75 Å². The van der Waals surface area contributed by atoms with Crippen LogP contribution in [-0.4, -0.2) is 29.6 Å². The maximum atomic E-state index is 12.1. The van der Waals surface area contributed by atoms with Gasteiger partial charge in [0.1, 0.15) is 5.75 Å². The van der Waals surface area contributed by atoms with Crippen LogP contribution < -0.4 is 10.1 Å². The molecular weight excluding hydrogens is 294 g/mol. The van der Waals surface area contributed by atoms with Gasteiger partial charge in [0.2, 0.25) is 5.91 Å². The Morgan fingerprint density at radius 1 is 1.36 bits per heavy atom. The zero-order valence-electron chi connectivity index (χ0n) is 13.9. The average molecular weight is 321 g/mol. The Balaban J connectivity index is 1.67. The van der Waals surface area contributed by atoms with Crippen molar-refractivity contribution in [2.24, 2.45) is 0 Å². The second kappa shape index (κ2) is 8.47. The predicted molar refractivity (Wildman–Crippen MR) is 93.7 cm³/mol. The minimum atomic E-state index is -0.0113. The van der Waals surface area contributed by atoms with Crippen molar-refractivity contribution in [3.05, 3.63) is 29.3 Å². The van der Waals surface area contributed by atoms with E-state index in [1.165, 1.54) is 18.4 Å². The molecule has 22 heavy (non-hydrogen) atoms. The smallest absolute Gasteiger partial charge is 0.233 e. The zero-order chi connectivity index (χ0) is 15.9. The summed E-state index contributed by atoms with van der Waals surface area (Å²) in [5, 5.41) is 3.14. The Bertz CT molecular complexity index is 498. The van der Waals surface area contributed by atoms with Gasteiger partial charge in [-0.15, -0.1) is 11.8 Å². The van der Waals surface area contributed by atoms with Gasteiger partial charge in [-0.1, -0.05) is 25.0 Å². The largest absolute Gasteiger partial charge is 0.492 e. The molecule has 3 nitrogen and oxygen atoms in total. The van der Waals surface area contributed by atoms with E-state index in [0.29, 0.717) is 12.6 Å². The van der Waals surface area contributed by atoms with Crippen LogP contribution in [0.25, 0.3) is 0 Å². The molecule has 0 bridgehead atoms. The molecule has 0 aliphatic heterocycles. The van der Waals surface area contributed by atoms with Crippen molar-refractivity contribution in [3.63, 3.8) is 0 Å². The van der Waals surface area contributed by atoms with Crippen LogP contribution in [0.4, 0.5) is 0 Å². The molecule has 2 rings (SSSR count). The maximum Gasteiger partial charge on any atom is 0.233 e. The fourth-order valence-electron chi connectivity index (χ4n) is 2.70.